The third-order valence-electron chi connectivity index (χ3n) is 8.46. The molecule has 0 saturated heterocycles. The first-order chi connectivity index (χ1) is 19.7. The molecule has 2 aliphatic carbocycles. The van der Waals surface area contributed by atoms with Gasteiger partial charge >= 0.3 is 0 Å². The Bertz CT molecular complexity index is 1370. The molecule has 41 heavy (non-hydrogen) atoms. The first-order valence-corrected chi connectivity index (χ1v) is 14.5. The number of aliphatic imine (C=N–C) groups is 1. The van der Waals surface area contributed by atoms with E-state index in [1.54, 1.807) is 30.3 Å². The Morgan fingerprint density at radius 2 is 1.61 bits per heavy atom. The molecule has 1 fully saturated rings. The molecule has 1 atom stereocenters. The van der Waals surface area contributed by atoms with Crippen LogP contribution in [0.2, 0.25) is 0 Å². The van der Waals surface area contributed by atoms with Gasteiger partial charge in [0.05, 0.1) is 12.3 Å². The lowest BCUT2D eigenvalue weighted by Gasteiger charge is -2.29. The minimum absolute atomic E-state index is 0.0180. The second kappa shape index (κ2) is 12.3. The predicted octanol–water partition coefficient (Wildman–Crippen LogP) is 4.82. The van der Waals surface area contributed by atoms with Crippen LogP contribution >= 0.6 is 0 Å². The number of aromatic nitrogens is 1. The Labute approximate surface area is 241 Å². The molecule has 0 radical (unpaired) electrons. The smallest absolute Gasteiger partial charge is 0.269 e. The average Bonchev–Trinajstić information content (AvgIpc) is 3.17. The van der Waals surface area contributed by atoms with Crippen molar-refractivity contribution in [2.24, 2.45) is 10.9 Å². The number of carbonyl (C=O) groups excluding carboxylic acids is 3. The number of nitrogens with zero attached hydrogens (tertiary/aromatic N) is 4. The van der Waals surface area contributed by atoms with E-state index in [9.17, 15) is 19.6 Å². The van der Waals surface area contributed by atoms with Crippen molar-refractivity contribution >= 4 is 23.4 Å². The molecular weight excluding hydrogens is 518 g/mol. The molecule has 0 aromatic carbocycles. The highest BCUT2D eigenvalue weighted by Crippen LogP contribution is 2.30. The van der Waals surface area contributed by atoms with Crippen LogP contribution < -0.4 is 5.32 Å². The molecule has 2 N–H and O–H groups in total. The molecule has 1 saturated carbocycles. The Morgan fingerprint density at radius 3 is 2.24 bits per heavy atom. The van der Waals surface area contributed by atoms with E-state index in [1.165, 1.54) is 0 Å². The summed E-state index contributed by atoms with van der Waals surface area (Å²) < 4.78 is 1.95. The number of rotatable bonds is 4. The van der Waals surface area contributed by atoms with Crippen molar-refractivity contribution in [3.8, 4) is 0 Å². The molecule has 2 aliphatic heterocycles. The number of hydroxylamine groups is 2. The third kappa shape index (κ3) is 6.35. The quantitative estimate of drug-likeness (QED) is 0.516. The van der Waals surface area contributed by atoms with Gasteiger partial charge in [-0.1, -0.05) is 37.8 Å². The van der Waals surface area contributed by atoms with Crippen LogP contribution in [-0.4, -0.2) is 55.8 Å². The van der Waals surface area contributed by atoms with Crippen molar-refractivity contribution in [3.05, 3.63) is 82.5 Å². The zero-order valence-electron chi connectivity index (χ0n) is 24.1. The normalized spacial score (nSPS) is 20.2. The van der Waals surface area contributed by atoms with Gasteiger partial charge in [0.1, 0.15) is 11.7 Å². The summed E-state index contributed by atoms with van der Waals surface area (Å²) in [6, 6.07) is 2.96. The SMILES string of the molecule is CC(=O)N1CCn2c(ccc2C(=O)N[C@H](C(=O)N=C2C=CC(=C3C(C)=CN(O)C=C3C)C=C2)C2CCCCCC2)C1. The van der Waals surface area contributed by atoms with Gasteiger partial charge in [0.25, 0.3) is 11.8 Å². The number of hydrogen-bond acceptors (Lipinski definition) is 5. The lowest BCUT2D eigenvalue weighted by molar-refractivity contribution is -0.130. The summed E-state index contributed by atoms with van der Waals surface area (Å²) in [5.74, 6) is -0.568. The topological polar surface area (TPSA) is 107 Å². The van der Waals surface area contributed by atoms with Crippen LogP contribution in [-0.2, 0) is 22.7 Å². The van der Waals surface area contributed by atoms with E-state index in [-0.39, 0.29) is 23.6 Å². The van der Waals surface area contributed by atoms with Crippen LogP contribution in [0.5, 0.6) is 0 Å². The Morgan fingerprint density at radius 1 is 0.951 bits per heavy atom. The highest BCUT2D eigenvalue weighted by Gasteiger charge is 2.32. The zero-order valence-corrected chi connectivity index (χ0v) is 24.1. The van der Waals surface area contributed by atoms with E-state index in [1.807, 2.05) is 48.8 Å². The summed E-state index contributed by atoms with van der Waals surface area (Å²) in [6.07, 6.45) is 16.9. The van der Waals surface area contributed by atoms with Crippen molar-refractivity contribution in [1.29, 1.82) is 0 Å². The standard InChI is InChI=1S/C32H39N5O4/c1-21-18-36(41)19-22(2)29(21)24-10-12-26(13-11-24)33-32(40)30(25-8-6-4-5-7-9-25)34-31(39)28-15-14-27-20-35(23(3)38)16-17-37(27)28/h10-15,18-19,25,30,41H,4-9,16-17,20H2,1-3H3,(H,34,39)/t30-/m0/s1. The van der Waals surface area contributed by atoms with Gasteiger partial charge in [0.2, 0.25) is 5.91 Å². The van der Waals surface area contributed by atoms with Crippen molar-refractivity contribution in [2.45, 2.75) is 78.4 Å². The van der Waals surface area contributed by atoms with Crippen LogP contribution in [0.1, 0.15) is 75.5 Å². The Hall–Kier alpha value is -3.98. The van der Waals surface area contributed by atoms with Gasteiger partial charge in [-0.05, 0) is 79.2 Å². The predicted molar refractivity (Wildman–Crippen MR) is 157 cm³/mol. The maximum atomic E-state index is 13.7. The number of nitrogens with one attached hydrogen (secondary N) is 1. The number of carbonyl (C=O) groups is 3. The van der Waals surface area contributed by atoms with Crippen molar-refractivity contribution in [1.82, 2.24) is 19.8 Å². The van der Waals surface area contributed by atoms with Gasteiger partial charge < -0.3 is 14.8 Å². The van der Waals surface area contributed by atoms with Gasteiger partial charge in [0, 0.05) is 38.1 Å². The molecule has 0 unspecified atom stereocenters. The molecule has 9 nitrogen and oxygen atoms in total. The molecule has 3 amide bonds. The van der Waals surface area contributed by atoms with Crippen LogP contribution in [0.25, 0.3) is 0 Å². The van der Waals surface area contributed by atoms with Crippen molar-refractivity contribution in [2.75, 3.05) is 6.54 Å². The third-order valence-corrected chi connectivity index (χ3v) is 8.46. The van der Waals surface area contributed by atoms with Gasteiger partial charge in [-0.2, -0.15) is 0 Å². The molecule has 0 bridgehead atoms. The summed E-state index contributed by atoms with van der Waals surface area (Å²) in [7, 11) is 0. The monoisotopic (exact) mass is 557 g/mol. The summed E-state index contributed by atoms with van der Waals surface area (Å²) in [5.41, 5.74) is 5.84. The number of fused-ring (bicyclic) bond motifs is 1. The van der Waals surface area contributed by atoms with Crippen LogP contribution in [0, 0.1) is 5.92 Å². The lowest BCUT2D eigenvalue weighted by Crippen LogP contribution is -2.46. The van der Waals surface area contributed by atoms with Crippen LogP contribution in [0.3, 0.4) is 0 Å². The maximum absolute atomic E-state index is 13.7. The van der Waals surface area contributed by atoms with Gasteiger partial charge in [-0.25, -0.2) is 10.1 Å². The highest BCUT2D eigenvalue weighted by atomic mass is 16.5. The molecule has 9 heteroatoms. The second-order valence-electron chi connectivity index (χ2n) is 11.4. The molecular formula is C32H39N5O4. The van der Waals surface area contributed by atoms with Crippen LogP contribution in [0.15, 0.2) is 76.1 Å². The number of hydrogen-bond donors (Lipinski definition) is 2. The number of allylic oxidation sites excluding steroid dienone is 8. The fourth-order valence-corrected chi connectivity index (χ4v) is 6.34. The van der Waals surface area contributed by atoms with Gasteiger partial charge in [-0.15, -0.1) is 0 Å². The van der Waals surface area contributed by atoms with E-state index in [0.29, 0.717) is 31.0 Å². The van der Waals surface area contributed by atoms with Crippen molar-refractivity contribution < 1.29 is 19.6 Å². The first kappa shape index (κ1) is 28.5. The van der Waals surface area contributed by atoms with E-state index >= 15 is 0 Å². The van der Waals surface area contributed by atoms with Gasteiger partial charge in [0.15, 0.2) is 0 Å². The largest absolute Gasteiger partial charge is 0.339 e. The minimum Gasteiger partial charge on any atom is -0.339 e. The zero-order chi connectivity index (χ0) is 29.1. The Kier molecular flexibility index (Phi) is 8.54. The molecule has 216 valence electrons. The van der Waals surface area contributed by atoms with E-state index in [0.717, 1.165) is 71.6 Å². The highest BCUT2D eigenvalue weighted by molar-refractivity contribution is 6.12. The van der Waals surface area contributed by atoms with E-state index in [2.05, 4.69) is 10.3 Å². The number of amides is 3. The van der Waals surface area contributed by atoms with Crippen molar-refractivity contribution in [3.63, 3.8) is 0 Å². The summed E-state index contributed by atoms with van der Waals surface area (Å²) in [5, 5.41) is 13.9. The second-order valence-corrected chi connectivity index (χ2v) is 11.4. The lowest BCUT2D eigenvalue weighted by atomic mass is 9.90. The maximum Gasteiger partial charge on any atom is 0.269 e. The molecule has 1 aromatic rings. The molecule has 3 heterocycles. The first-order valence-electron chi connectivity index (χ1n) is 14.5. The molecule has 1 aromatic heterocycles. The fraction of sp³-hybridized carbons (Fsp3) is 0.438. The summed E-state index contributed by atoms with van der Waals surface area (Å²) in [4.78, 5) is 45.3. The summed E-state index contributed by atoms with van der Waals surface area (Å²) >= 11 is 0. The van der Waals surface area contributed by atoms with Gasteiger partial charge in [-0.3, -0.25) is 19.6 Å². The van der Waals surface area contributed by atoms with E-state index in [4.69, 9.17) is 0 Å². The fourth-order valence-electron chi connectivity index (χ4n) is 6.34. The molecule has 5 rings (SSSR count). The molecule has 4 aliphatic rings. The average molecular weight is 558 g/mol. The molecule has 0 spiro atoms. The van der Waals surface area contributed by atoms with Crippen LogP contribution in [0.4, 0.5) is 0 Å². The van der Waals surface area contributed by atoms with E-state index < -0.39 is 6.04 Å². The minimum atomic E-state index is -0.706. The Balaban J connectivity index is 1.36. The summed E-state index contributed by atoms with van der Waals surface area (Å²) in [6.45, 7) is 7.01.